The number of aromatic nitrogens is 8. The highest BCUT2D eigenvalue weighted by atomic mass is 31.2. The van der Waals surface area contributed by atoms with Crippen LogP contribution < -0.4 is 17.0 Å². The summed E-state index contributed by atoms with van der Waals surface area (Å²) < 4.78 is 56.5. The van der Waals surface area contributed by atoms with Gasteiger partial charge in [-0.05, 0) is 6.42 Å². The molecular weight excluding hydrogens is 630 g/mol. The van der Waals surface area contributed by atoms with E-state index in [0.29, 0.717) is 11.2 Å². The molecule has 44 heavy (non-hydrogen) atoms. The van der Waals surface area contributed by atoms with Gasteiger partial charge < -0.3 is 35.7 Å². The Morgan fingerprint density at radius 3 is 2.45 bits per heavy atom. The van der Waals surface area contributed by atoms with Crippen LogP contribution in [0.2, 0.25) is 0 Å². The van der Waals surface area contributed by atoms with Gasteiger partial charge in [-0.15, -0.1) is 0 Å². The Hall–Kier alpha value is -3.36. The summed E-state index contributed by atoms with van der Waals surface area (Å²) in [7, 11) is -9.64. The van der Waals surface area contributed by atoms with Gasteiger partial charge in [-0.3, -0.25) is 32.4 Å². The zero-order valence-electron chi connectivity index (χ0n) is 22.4. The molecule has 9 atom stereocenters. The van der Waals surface area contributed by atoms with E-state index in [-0.39, 0.29) is 35.8 Å². The van der Waals surface area contributed by atoms with Crippen molar-refractivity contribution >= 4 is 49.7 Å². The summed E-state index contributed by atoms with van der Waals surface area (Å²) in [6.45, 7) is -1.13. The van der Waals surface area contributed by atoms with Crippen LogP contribution in [0.5, 0.6) is 0 Å². The molecule has 0 spiro atoms. The molecule has 4 aromatic rings. The maximum atomic E-state index is 13.1. The molecular formula is C21H26N10O11P2. The first-order valence-electron chi connectivity index (χ1n) is 13.2. The van der Waals surface area contributed by atoms with Gasteiger partial charge in [0, 0.05) is 12.3 Å². The molecule has 236 valence electrons. The van der Waals surface area contributed by atoms with Crippen molar-refractivity contribution in [1.82, 2.24) is 39.0 Å². The van der Waals surface area contributed by atoms with Crippen molar-refractivity contribution in [2.45, 2.75) is 49.5 Å². The number of hydrogen-bond acceptors (Lipinski definition) is 16. The van der Waals surface area contributed by atoms with Gasteiger partial charge in [0.1, 0.15) is 42.5 Å². The fraction of sp³-hybridized carbons (Fsp3) is 0.524. The fourth-order valence-corrected chi connectivity index (χ4v) is 7.82. The van der Waals surface area contributed by atoms with Crippen molar-refractivity contribution in [2.75, 3.05) is 24.7 Å². The van der Waals surface area contributed by atoms with Crippen molar-refractivity contribution in [2.24, 2.45) is 5.92 Å². The van der Waals surface area contributed by atoms with Crippen LogP contribution in [-0.2, 0) is 32.0 Å². The Morgan fingerprint density at radius 2 is 1.64 bits per heavy atom. The predicted molar refractivity (Wildman–Crippen MR) is 145 cm³/mol. The highest BCUT2D eigenvalue weighted by molar-refractivity contribution is 7.47. The number of phosphoric ester groups is 2. The third-order valence-electron chi connectivity index (χ3n) is 7.80. The van der Waals surface area contributed by atoms with Gasteiger partial charge in [0.2, 0.25) is 5.95 Å². The van der Waals surface area contributed by atoms with E-state index in [2.05, 4.69) is 29.9 Å². The van der Waals surface area contributed by atoms with Crippen LogP contribution in [0.25, 0.3) is 22.3 Å². The van der Waals surface area contributed by atoms with E-state index >= 15 is 0 Å². The number of nitrogens with zero attached hydrogens (tertiary/aromatic N) is 7. The van der Waals surface area contributed by atoms with Gasteiger partial charge in [0.15, 0.2) is 22.6 Å². The molecule has 3 fully saturated rings. The second-order valence-corrected chi connectivity index (χ2v) is 13.3. The van der Waals surface area contributed by atoms with Crippen molar-refractivity contribution in [3.8, 4) is 0 Å². The van der Waals surface area contributed by atoms with Gasteiger partial charge >= 0.3 is 15.6 Å². The Kier molecular flexibility index (Phi) is 7.09. The van der Waals surface area contributed by atoms with Crippen LogP contribution in [0.1, 0.15) is 25.1 Å². The van der Waals surface area contributed by atoms with Crippen LogP contribution in [-0.4, -0.2) is 91.6 Å². The summed E-state index contributed by atoms with van der Waals surface area (Å²) in [5, 5.41) is 11.2. The zero-order chi connectivity index (χ0) is 31.0. The number of rotatable bonds is 2. The third-order valence-corrected chi connectivity index (χ3v) is 9.80. The largest absolute Gasteiger partial charge is 0.472 e. The molecule has 2 saturated heterocycles. The second-order valence-electron chi connectivity index (χ2n) is 10.5. The summed E-state index contributed by atoms with van der Waals surface area (Å²) in [5.74, 6) is -0.983. The van der Waals surface area contributed by atoms with Gasteiger partial charge in [-0.25, -0.2) is 29.1 Å². The van der Waals surface area contributed by atoms with Crippen LogP contribution in [0, 0.1) is 5.92 Å². The Bertz CT molecular complexity index is 1900. The number of ether oxygens (including phenoxy) is 1. The Labute approximate surface area is 245 Å². The monoisotopic (exact) mass is 656 g/mol. The van der Waals surface area contributed by atoms with Crippen molar-refractivity contribution in [1.29, 1.82) is 0 Å². The molecule has 0 bridgehead atoms. The molecule has 1 aliphatic carbocycles. The van der Waals surface area contributed by atoms with E-state index in [9.17, 15) is 28.8 Å². The van der Waals surface area contributed by atoms with Crippen LogP contribution in [0.4, 0.5) is 11.8 Å². The average molecular weight is 656 g/mol. The lowest BCUT2D eigenvalue weighted by Gasteiger charge is -2.28. The smallest absolute Gasteiger partial charge is 0.388 e. The zero-order valence-corrected chi connectivity index (χ0v) is 24.2. The molecule has 2 aliphatic heterocycles. The van der Waals surface area contributed by atoms with E-state index in [1.807, 2.05) is 0 Å². The molecule has 0 amide bonds. The minimum absolute atomic E-state index is 0.0123. The SMILES string of the molecule is Nc1nc2c(ncn2[C@@H]2C[C@@H]3COP(=O)(O)OC4C[C@H](n5cnc6c(N)ncnc65)O[C@@H]4COP(=O)(O)O[C@@H]3C2O)c(=O)[nH]1. The number of aliphatic hydroxyl groups is 1. The number of hydrogen-bond donors (Lipinski definition) is 6. The second kappa shape index (κ2) is 10.6. The fourth-order valence-electron chi connectivity index (χ4n) is 5.81. The van der Waals surface area contributed by atoms with Gasteiger partial charge in [0.25, 0.3) is 5.56 Å². The topological polar surface area (TPSA) is 300 Å². The maximum absolute atomic E-state index is 13.1. The lowest BCUT2D eigenvalue weighted by Crippen LogP contribution is -2.35. The normalized spacial score (nSPS) is 36.6. The van der Waals surface area contributed by atoms with E-state index in [4.69, 9.17) is 34.3 Å². The first-order chi connectivity index (χ1) is 20.9. The average Bonchev–Trinajstić information content (AvgIpc) is 3.72. The Balaban J connectivity index is 1.15. The van der Waals surface area contributed by atoms with Crippen LogP contribution in [0.3, 0.4) is 0 Å². The number of nitrogens with two attached hydrogens (primary N) is 2. The Morgan fingerprint density at radius 1 is 0.909 bits per heavy atom. The van der Waals surface area contributed by atoms with Crippen molar-refractivity contribution in [3.05, 3.63) is 29.3 Å². The maximum Gasteiger partial charge on any atom is 0.472 e. The molecule has 1 saturated carbocycles. The molecule has 6 heterocycles. The lowest BCUT2D eigenvalue weighted by molar-refractivity contribution is -0.0585. The lowest BCUT2D eigenvalue weighted by atomic mass is 10.1. The van der Waals surface area contributed by atoms with E-state index < -0.39 is 77.0 Å². The highest BCUT2D eigenvalue weighted by Gasteiger charge is 2.51. The van der Waals surface area contributed by atoms with E-state index in [0.717, 1.165) is 0 Å². The third kappa shape index (κ3) is 5.20. The molecule has 7 rings (SSSR count). The molecule has 23 heteroatoms. The number of aromatic amines is 1. The first-order valence-corrected chi connectivity index (χ1v) is 16.2. The number of phosphoric acid groups is 2. The minimum Gasteiger partial charge on any atom is -0.388 e. The van der Waals surface area contributed by atoms with Crippen molar-refractivity contribution in [3.63, 3.8) is 0 Å². The number of imidazole rings is 2. The molecule has 4 unspecified atom stereocenters. The summed E-state index contributed by atoms with van der Waals surface area (Å²) in [5.41, 5.74) is 11.6. The van der Waals surface area contributed by atoms with Gasteiger partial charge in [-0.1, -0.05) is 0 Å². The van der Waals surface area contributed by atoms with Gasteiger partial charge in [0.05, 0.1) is 31.9 Å². The standard InChI is InChI=1S/C21H26N10O11P2/c22-17-13-18(25-5-24-17)31(7-26-13)12-2-10-11(40-12)4-39-44(36,37)42-16-8(3-38-43(34,35)41-10)1-9(15(16)32)30-6-27-14-19(30)28-21(23)29-20(14)33/h5-12,15-16,32H,1-4H2,(H,34,35)(H,36,37)(H2,22,24,25)(H3,23,28,29,33)/t8-,9-,10?,11-,12-,15?,16+/m1/s1. The number of nitrogens with one attached hydrogen (secondary N) is 1. The molecule has 0 aromatic carbocycles. The summed E-state index contributed by atoms with van der Waals surface area (Å²) >= 11 is 0. The molecule has 21 nitrogen and oxygen atoms in total. The molecule has 4 aromatic heterocycles. The van der Waals surface area contributed by atoms with Crippen molar-refractivity contribution < 1.29 is 46.9 Å². The predicted octanol–water partition coefficient (Wildman–Crippen LogP) is -0.649. The number of anilines is 2. The summed E-state index contributed by atoms with van der Waals surface area (Å²) in [4.78, 5) is 56.2. The van der Waals surface area contributed by atoms with E-state index in [1.54, 1.807) is 0 Å². The van der Waals surface area contributed by atoms with E-state index in [1.165, 1.54) is 28.1 Å². The highest BCUT2D eigenvalue weighted by Crippen LogP contribution is 2.55. The molecule has 8 N–H and O–H groups in total. The minimum atomic E-state index is -4.87. The van der Waals surface area contributed by atoms with Crippen LogP contribution in [0.15, 0.2) is 23.8 Å². The van der Waals surface area contributed by atoms with Gasteiger partial charge in [-0.2, -0.15) is 4.98 Å². The first kappa shape index (κ1) is 29.4. The quantitative estimate of drug-likeness (QED) is 0.146. The molecule has 0 radical (unpaired) electrons. The number of aliphatic hydroxyl groups excluding tert-OH is 1. The number of H-pyrrole nitrogens is 1. The molecule has 3 aliphatic rings. The number of nitrogen functional groups attached to an aromatic ring is 2. The number of fused-ring (bicyclic) bond motifs is 4. The summed E-state index contributed by atoms with van der Waals surface area (Å²) in [6.07, 6.45) is -2.22. The van der Waals surface area contributed by atoms with Crippen LogP contribution >= 0.6 is 15.6 Å². The summed E-state index contributed by atoms with van der Waals surface area (Å²) in [6, 6.07) is -0.914.